The number of benzene rings is 1. The lowest BCUT2D eigenvalue weighted by Crippen LogP contribution is -2.28. The maximum atomic E-state index is 12.2. The fourth-order valence-corrected chi connectivity index (χ4v) is 2.84. The topological polar surface area (TPSA) is 56.2 Å². The van der Waals surface area contributed by atoms with Crippen LogP contribution < -0.4 is 10.1 Å². The molecule has 1 atom stereocenters. The number of hydrogen-bond donors (Lipinski definition) is 1. The molecule has 0 fully saturated rings. The van der Waals surface area contributed by atoms with Crippen molar-refractivity contribution in [1.82, 2.24) is 14.9 Å². The maximum absolute atomic E-state index is 12.2. The number of aryl methyl sites for hydroxylation is 1. The van der Waals surface area contributed by atoms with Crippen molar-refractivity contribution < 1.29 is 22.7 Å². The SMILES string of the molecule is C[C@@H](NC(=O)CCn1ccc2ccccc21)c1ccc(OCC(F)(F)F)cn1. The monoisotopic (exact) mass is 391 g/mol. The van der Waals surface area contributed by atoms with Crippen molar-refractivity contribution in [3.05, 3.63) is 60.6 Å². The minimum absolute atomic E-state index is 0.0269. The van der Waals surface area contributed by atoms with E-state index in [1.807, 2.05) is 41.1 Å². The van der Waals surface area contributed by atoms with E-state index in [9.17, 15) is 18.0 Å². The molecule has 0 spiro atoms. The zero-order valence-electron chi connectivity index (χ0n) is 15.2. The number of aromatic nitrogens is 2. The van der Waals surface area contributed by atoms with Crippen molar-refractivity contribution in [3.63, 3.8) is 0 Å². The molecule has 2 heterocycles. The van der Waals surface area contributed by atoms with E-state index in [0.717, 1.165) is 10.9 Å². The third-order valence-electron chi connectivity index (χ3n) is 4.24. The minimum Gasteiger partial charge on any atom is -0.483 e. The van der Waals surface area contributed by atoms with Gasteiger partial charge in [-0.25, -0.2) is 0 Å². The quantitative estimate of drug-likeness (QED) is 0.655. The average Bonchev–Trinajstić information content (AvgIpc) is 3.08. The Hall–Kier alpha value is -3.03. The first-order valence-corrected chi connectivity index (χ1v) is 8.80. The summed E-state index contributed by atoms with van der Waals surface area (Å²) < 4.78 is 43.1. The van der Waals surface area contributed by atoms with Crippen molar-refractivity contribution in [2.45, 2.75) is 32.1 Å². The lowest BCUT2D eigenvalue weighted by Gasteiger charge is -2.15. The molecule has 0 aliphatic rings. The molecule has 0 aliphatic carbocycles. The van der Waals surface area contributed by atoms with E-state index in [1.54, 1.807) is 6.92 Å². The van der Waals surface area contributed by atoms with Crippen molar-refractivity contribution in [3.8, 4) is 5.75 Å². The highest BCUT2D eigenvalue weighted by Gasteiger charge is 2.28. The van der Waals surface area contributed by atoms with E-state index in [1.165, 1.54) is 18.3 Å². The zero-order chi connectivity index (χ0) is 20.1. The molecule has 2 aromatic heterocycles. The van der Waals surface area contributed by atoms with Crippen LogP contribution in [-0.2, 0) is 11.3 Å². The molecule has 0 radical (unpaired) electrons. The number of para-hydroxylation sites is 1. The predicted molar refractivity (Wildman–Crippen MR) is 98.9 cm³/mol. The van der Waals surface area contributed by atoms with Gasteiger partial charge < -0.3 is 14.6 Å². The summed E-state index contributed by atoms with van der Waals surface area (Å²) in [6, 6.07) is 12.5. The van der Waals surface area contributed by atoms with Crippen molar-refractivity contribution in [2.75, 3.05) is 6.61 Å². The van der Waals surface area contributed by atoms with Gasteiger partial charge >= 0.3 is 6.18 Å². The number of carbonyl (C=O) groups excluding carboxylic acids is 1. The first-order valence-electron chi connectivity index (χ1n) is 8.80. The van der Waals surface area contributed by atoms with Crippen LogP contribution in [0.25, 0.3) is 10.9 Å². The summed E-state index contributed by atoms with van der Waals surface area (Å²) >= 11 is 0. The van der Waals surface area contributed by atoms with E-state index >= 15 is 0 Å². The van der Waals surface area contributed by atoms with Crippen molar-refractivity contribution in [2.24, 2.45) is 0 Å². The second-order valence-electron chi connectivity index (χ2n) is 6.43. The number of hydrogen-bond acceptors (Lipinski definition) is 3. The number of carbonyl (C=O) groups is 1. The molecular formula is C20H20F3N3O2. The first kappa shape index (κ1) is 19.7. The van der Waals surface area contributed by atoms with Gasteiger partial charge in [0, 0.05) is 24.7 Å². The predicted octanol–water partition coefficient (Wildman–Crippen LogP) is 4.24. The summed E-state index contributed by atoms with van der Waals surface area (Å²) in [4.78, 5) is 16.3. The Bertz CT molecular complexity index is 936. The molecule has 148 valence electrons. The Morgan fingerprint density at radius 2 is 2.00 bits per heavy atom. The largest absolute Gasteiger partial charge is 0.483 e. The van der Waals surface area contributed by atoms with Gasteiger partial charge in [0.2, 0.25) is 5.91 Å². The van der Waals surface area contributed by atoms with E-state index in [-0.39, 0.29) is 17.7 Å². The fraction of sp³-hybridized carbons (Fsp3) is 0.300. The molecule has 1 N–H and O–H groups in total. The van der Waals surface area contributed by atoms with Gasteiger partial charge in [-0.05, 0) is 36.6 Å². The van der Waals surface area contributed by atoms with Gasteiger partial charge in [0.05, 0.1) is 17.9 Å². The van der Waals surface area contributed by atoms with E-state index in [0.29, 0.717) is 18.7 Å². The van der Waals surface area contributed by atoms with E-state index in [4.69, 9.17) is 0 Å². The second kappa shape index (κ2) is 8.33. The number of ether oxygens (including phenoxy) is 1. The van der Waals surface area contributed by atoms with Crippen LogP contribution in [0, 0.1) is 0 Å². The zero-order valence-corrected chi connectivity index (χ0v) is 15.2. The number of nitrogens with one attached hydrogen (secondary N) is 1. The number of amides is 1. The van der Waals surface area contributed by atoms with Gasteiger partial charge in [-0.15, -0.1) is 0 Å². The third-order valence-corrected chi connectivity index (χ3v) is 4.24. The molecule has 28 heavy (non-hydrogen) atoms. The number of pyridine rings is 1. The number of rotatable bonds is 7. The van der Waals surface area contributed by atoms with Crippen LogP contribution in [0.1, 0.15) is 25.1 Å². The van der Waals surface area contributed by atoms with Crippen LogP contribution in [-0.4, -0.2) is 28.2 Å². The molecule has 0 bridgehead atoms. The molecule has 1 amide bonds. The first-order chi connectivity index (χ1) is 13.3. The summed E-state index contributed by atoms with van der Waals surface area (Å²) in [7, 11) is 0. The highest BCUT2D eigenvalue weighted by molar-refractivity contribution is 5.80. The van der Waals surface area contributed by atoms with Crippen LogP contribution in [0.2, 0.25) is 0 Å². The molecule has 3 rings (SSSR count). The van der Waals surface area contributed by atoms with Gasteiger partial charge in [0.1, 0.15) is 5.75 Å². The maximum Gasteiger partial charge on any atom is 0.422 e. The number of nitrogens with zero attached hydrogens (tertiary/aromatic N) is 2. The molecular weight excluding hydrogens is 371 g/mol. The Balaban J connectivity index is 1.51. The smallest absolute Gasteiger partial charge is 0.422 e. The second-order valence-corrected chi connectivity index (χ2v) is 6.43. The van der Waals surface area contributed by atoms with Crippen molar-refractivity contribution >= 4 is 16.8 Å². The van der Waals surface area contributed by atoms with Crippen LogP contribution in [0.3, 0.4) is 0 Å². The third kappa shape index (κ3) is 5.25. The summed E-state index contributed by atoms with van der Waals surface area (Å²) in [6.07, 6.45) is -0.931. The van der Waals surface area contributed by atoms with Gasteiger partial charge in [-0.2, -0.15) is 13.2 Å². The van der Waals surface area contributed by atoms with Gasteiger partial charge in [-0.3, -0.25) is 9.78 Å². The van der Waals surface area contributed by atoms with Crippen LogP contribution in [0.15, 0.2) is 54.9 Å². The molecule has 0 aliphatic heterocycles. The summed E-state index contributed by atoms with van der Waals surface area (Å²) in [6.45, 7) is 0.944. The highest BCUT2D eigenvalue weighted by atomic mass is 19.4. The number of halogens is 3. The Morgan fingerprint density at radius 1 is 1.21 bits per heavy atom. The Morgan fingerprint density at radius 3 is 2.71 bits per heavy atom. The standard InChI is InChI=1S/C20H20F3N3O2/c1-14(17-7-6-16(12-24-17)28-13-20(21,22)23)25-19(27)9-11-26-10-8-15-4-2-3-5-18(15)26/h2-8,10,12,14H,9,11,13H2,1H3,(H,25,27)/t14-/m1/s1. The van der Waals surface area contributed by atoms with Gasteiger partial charge in [0.15, 0.2) is 6.61 Å². The lowest BCUT2D eigenvalue weighted by molar-refractivity contribution is -0.153. The molecule has 0 unspecified atom stereocenters. The van der Waals surface area contributed by atoms with E-state index < -0.39 is 12.8 Å². The molecule has 3 aromatic rings. The summed E-state index contributed by atoms with van der Waals surface area (Å²) in [5.74, 6) is -0.108. The normalized spacial score (nSPS) is 12.7. The molecule has 8 heteroatoms. The molecule has 1 aromatic carbocycles. The minimum atomic E-state index is -4.40. The fourth-order valence-electron chi connectivity index (χ4n) is 2.84. The molecule has 0 saturated carbocycles. The van der Waals surface area contributed by atoms with Crippen LogP contribution >= 0.6 is 0 Å². The van der Waals surface area contributed by atoms with Crippen molar-refractivity contribution in [1.29, 1.82) is 0 Å². The van der Waals surface area contributed by atoms with Crippen LogP contribution in [0.5, 0.6) is 5.75 Å². The highest BCUT2D eigenvalue weighted by Crippen LogP contribution is 2.19. The van der Waals surface area contributed by atoms with E-state index in [2.05, 4.69) is 15.0 Å². The van der Waals surface area contributed by atoms with Crippen LogP contribution in [0.4, 0.5) is 13.2 Å². The average molecular weight is 391 g/mol. The Kier molecular flexibility index (Phi) is 5.87. The molecule has 0 saturated heterocycles. The van der Waals surface area contributed by atoms with Gasteiger partial charge in [-0.1, -0.05) is 18.2 Å². The summed E-state index contributed by atoms with van der Waals surface area (Å²) in [5.41, 5.74) is 1.61. The molecule has 5 nitrogen and oxygen atoms in total. The number of fused-ring (bicyclic) bond motifs is 1. The lowest BCUT2D eigenvalue weighted by atomic mass is 10.2. The Labute approximate surface area is 160 Å². The van der Waals surface area contributed by atoms with Gasteiger partial charge in [0.25, 0.3) is 0 Å². The summed E-state index contributed by atoms with van der Waals surface area (Å²) in [5, 5.41) is 3.97. The number of alkyl halides is 3.